The Bertz CT molecular complexity index is 6190. The van der Waals surface area contributed by atoms with Crippen molar-refractivity contribution in [1.29, 1.82) is 0 Å². The first-order chi connectivity index (χ1) is 52.2. The summed E-state index contributed by atoms with van der Waals surface area (Å²) in [5.41, 5.74) is 20.4. The van der Waals surface area contributed by atoms with E-state index in [9.17, 15) is 0 Å². The molecule has 8 aromatic heterocycles. The number of aromatic nitrogens is 4. The molecule has 0 N–H and O–H groups in total. The Morgan fingerprint density at radius 2 is 0.647 bits per heavy atom. The molecule has 16 heteroatoms. The summed E-state index contributed by atoms with van der Waals surface area (Å²) in [6, 6.07) is 69.7. The van der Waals surface area contributed by atoms with E-state index >= 15 is 0 Å². The van der Waals surface area contributed by atoms with Gasteiger partial charge in [0.05, 0.1) is 45.5 Å². The van der Waals surface area contributed by atoms with Gasteiger partial charge in [-0.15, -0.1) is 0 Å². The largest absolute Gasteiger partial charge is 0.435 e. The molecular formula is C86H76N12O4. The summed E-state index contributed by atoms with van der Waals surface area (Å²) in [6.07, 6.45) is 14.1. The quantitative estimate of drug-likeness (QED) is 0.156. The van der Waals surface area contributed by atoms with Crippen LogP contribution in [0.4, 0.5) is 56.9 Å². The molecule has 8 aromatic carbocycles. The summed E-state index contributed by atoms with van der Waals surface area (Å²) in [4.78, 5) is 33.6. The first-order valence-electron chi connectivity index (χ1n) is 37.3. The smallest absolute Gasteiger partial charge is 0.227 e. The standard InChI is InChI=1S/C26H21N3O.C22H19N3O.C21H19N3O.C17H17N3O/c1-17-14-15-20-21-11-8-16-27-26(21)30-25(20)24(17)29-18(2)28(19-9-4-3-5-10-19)22-12-6-7-13-23(22)29;1-15-10-11-18-19-9-6-12-23-22(19)26-21(18)20(15)25-14-13-24(16(25)2)17-7-4-3-5-8-17;1-13-10-11-15-16-7-6-12-22-21(16)25-20(15)19(13)24-14(2)23(3)17-8-4-5-9-18(17)24;1-11-6-7-13-14-5-4-8-18-17(14)21-16(13)15(11)20-10-9-19(3)12(20)2/h3-16,18H,1-2H3;3-14,16H,1-2H3;4-12,14H,1-3H3;4-10,12H,1-3H3/i;;2*3D3. The van der Waals surface area contributed by atoms with Crippen molar-refractivity contribution < 1.29 is 25.9 Å². The van der Waals surface area contributed by atoms with E-state index in [4.69, 9.17) is 25.9 Å². The highest BCUT2D eigenvalue weighted by molar-refractivity contribution is 6.13. The van der Waals surface area contributed by atoms with Crippen LogP contribution in [0.1, 0.15) is 58.2 Å². The van der Waals surface area contributed by atoms with E-state index in [1.807, 2.05) is 124 Å². The fourth-order valence-corrected chi connectivity index (χ4v) is 15.1. The normalized spacial score (nSPS) is 18.0. The van der Waals surface area contributed by atoms with E-state index in [1.54, 1.807) is 37.2 Å². The number of rotatable bonds is 6. The Morgan fingerprint density at radius 1 is 0.294 bits per heavy atom. The highest BCUT2D eigenvalue weighted by Crippen LogP contribution is 2.52. The van der Waals surface area contributed by atoms with Crippen molar-refractivity contribution in [3.05, 3.63) is 278 Å². The van der Waals surface area contributed by atoms with Gasteiger partial charge in [-0.1, -0.05) is 109 Å². The molecule has 20 rings (SSSR count). The minimum atomic E-state index is -2.25. The maximum Gasteiger partial charge on any atom is 0.227 e. The molecule has 16 nitrogen and oxygen atoms in total. The van der Waals surface area contributed by atoms with Crippen molar-refractivity contribution in [2.45, 2.75) is 80.1 Å². The van der Waals surface area contributed by atoms with E-state index in [0.29, 0.717) is 28.5 Å². The van der Waals surface area contributed by atoms with Crippen LogP contribution in [0, 0.1) is 27.7 Å². The third-order valence-electron chi connectivity index (χ3n) is 20.1. The topological polar surface area (TPSA) is 130 Å². The number of aryl methyl sites for hydroxylation is 4. The minimum absolute atomic E-state index is 0.0928. The average Bonchev–Trinajstić information content (AvgIpc) is 1.57. The van der Waals surface area contributed by atoms with Crippen LogP contribution in [0.5, 0.6) is 0 Å². The Hall–Kier alpha value is -12.6. The van der Waals surface area contributed by atoms with Crippen LogP contribution < -0.4 is 34.3 Å². The molecule has 4 aliphatic rings. The zero-order chi connectivity index (χ0) is 74.6. The third kappa shape index (κ3) is 10.3. The van der Waals surface area contributed by atoms with Gasteiger partial charge in [0.25, 0.3) is 0 Å². The molecule has 12 heterocycles. The molecule has 4 unspecified atom stereocenters. The van der Waals surface area contributed by atoms with Crippen LogP contribution >= 0.6 is 0 Å². The van der Waals surface area contributed by atoms with Gasteiger partial charge in [0.2, 0.25) is 22.9 Å². The van der Waals surface area contributed by atoms with Crippen molar-refractivity contribution in [2.24, 2.45) is 0 Å². The molecule has 0 bridgehead atoms. The number of nitrogens with zero attached hydrogens (tertiary/aromatic N) is 12. The average molecular weight is 1350 g/mol. The van der Waals surface area contributed by atoms with E-state index in [-0.39, 0.29) is 18.5 Å². The molecule has 0 spiro atoms. The number of fused-ring (bicyclic) bond motifs is 14. The lowest BCUT2D eigenvalue weighted by Gasteiger charge is -2.31. The van der Waals surface area contributed by atoms with Gasteiger partial charge in [0.15, 0.2) is 22.3 Å². The Kier molecular flexibility index (Phi) is 14.0. The molecule has 16 aromatic rings. The highest BCUT2D eigenvalue weighted by Gasteiger charge is 2.38. The van der Waals surface area contributed by atoms with Gasteiger partial charge >= 0.3 is 0 Å². The van der Waals surface area contributed by atoms with Gasteiger partial charge < -0.3 is 56.9 Å². The van der Waals surface area contributed by atoms with Crippen molar-refractivity contribution >= 4 is 145 Å². The lowest BCUT2D eigenvalue weighted by atomic mass is 10.1. The highest BCUT2D eigenvalue weighted by atomic mass is 16.4. The number of benzene rings is 8. The summed E-state index contributed by atoms with van der Waals surface area (Å²) in [6.45, 7) is 12.1. The molecule has 0 fully saturated rings. The van der Waals surface area contributed by atoms with Gasteiger partial charge in [0, 0.05) is 126 Å². The number of anilines is 10. The lowest BCUT2D eigenvalue weighted by Crippen LogP contribution is -2.36. The Labute approximate surface area is 599 Å². The molecule has 4 aliphatic heterocycles. The second-order valence-electron chi connectivity index (χ2n) is 26.1. The predicted molar refractivity (Wildman–Crippen MR) is 417 cm³/mol. The molecule has 0 radical (unpaired) electrons. The van der Waals surface area contributed by atoms with Crippen molar-refractivity contribution in [3.63, 3.8) is 0 Å². The summed E-state index contributed by atoms with van der Waals surface area (Å²) in [5.74, 6) is 0. The molecule has 4 atom stereocenters. The third-order valence-corrected chi connectivity index (χ3v) is 20.1. The van der Waals surface area contributed by atoms with Crippen LogP contribution in [0.25, 0.3) is 88.3 Å². The Morgan fingerprint density at radius 3 is 1.08 bits per heavy atom. The summed E-state index contributed by atoms with van der Waals surface area (Å²) in [5, 5.41) is 8.17. The van der Waals surface area contributed by atoms with Gasteiger partial charge in [0.1, 0.15) is 24.7 Å². The van der Waals surface area contributed by atoms with E-state index in [2.05, 4.69) is 200 Å². The first-order valence-corrected chi connectivity index (χ1v) is 34.3. The molecule has 102 heavy (non-hydrogen) atoms. The molecule has 504 valence electrons. The number of furan rings is 4. The maximum absolute atomic E-state index is 8.05. The van der Waals surface area contributed by atoms with Crippen LogP contribution in [-0.4, -0.2) is 63.5 Å². The van der Waals surface area contributed by atoms with E-state index in [1.165, 1.54) is 43.7 Å². The number of hydrogen-bond acceptors (Lipinski definition) is 16. The van der Waals surface area contributed by atoms with Crippen LogP contribution in [0.15, 0.2) is 274 Å². The number of para-hydroxylation sites is 6. The molecule has 0 aliphatic carbocycles. The molecule has 0 amide bonds. The van der Waals surface area contributed by atoms with Crippen molar-refractivity contribution in [2.75, 3.05) is 48.3 Å². The van der Waals surface area contributed by atoms with Gasteiger partial charge in [-0.2, -0.15) is 0 Å². The fourth-order valence-electron chi connectivity index (χ4n) is 15.1. The Balaban J connectivity index is 0.000000106. The van der Waals surface area contributed by atoms with Crippen LogP contribution in [0.2, 0.25) is 0 Å². The first kappa shape index (κ1) is 56.3. The SMILES string of the molecule is Cc1ccc2c(oc3ncccc32)c1N1C=CN(c2ccccc2)C1C.Cc1ccc2c(oc3ncccc32)c1N1c2ccccc2N(c2ccccc2)C1C.[2H]C([2H])([2H])N1C=CN(c2c(C)ccc3c2oc2ncccc23)C1C.[2H]C([2H])([2H])N1c2ccccc2N(c2c(C)ccc3c2oc2ncccc23)C1C. The molecular weight excluding hydrogens is 1270 g/mol. The van der Waals surface area contributed by atoms with E-state index in [0.717, 1.165) is 105 Å². The second kappa shape index (κ2) is 25.3. The number of hydrogen-bond donors (Lipinski definition) is 0. The molecule has 0 saturated heterocycles. The fraction of sp³-hybridized carbons (Fsp3) is 0.163. The minimum Gasteiger partial charge on any atom is -0.435 e. The van der Waals surface area contributed by atoms with E-state index < -0.39 is 20.1 Å². The van der Waals surface area contributed by atoms with Gasteiger partial charge in [-0.25, -0.2) is 19.9 Å². The summed E-state index contributed by atoms with van der Waals surface area (Å²) >= 11 is 0. The lowest BCUT2D eigenvalue weighted by molar-refractivity contribution is 0.383. The molecule has 0 saturated carbocycles. The zero-order valence-corrected chi connectivity index (χ0v) is 57.6. The number of pyridine rings is 4. The summed E-state index contributed by atoms with van der Waals surface area (Å²) in [7, 11) is 0. The monoisotopic (exact) mass is 1350 g/mol. The summed E-state index contributed by atoms with van der Waals surface area (Å²) < 4.78 is 71.8. The maximum atomic E-state index is 8.05. The zero-order valence-electron chi connectivity index (χ0n) is 63.6. The van der Waals surface area contributed by atoms with Crippen molar-refractivity contribution in [1.82, 2.24) is 24.8 Å². The second-order valence-corrected chi connectivity index (χ2v) is 26.1. The van der Waals surface area contributed by atoms with Gasteiger partial charge in [-0.3, -0.25) is 0 Å². The van der Waals surface area contributed by atoms with Gasteiger partial charge in [-0.05, 0) is 175 Å². The van der Waals surface area contributed by atoms with Crippen molar-refractivity contribution in [3.8, 4) is 0 Å². The van der Waals surface area contributed by atoms with Crippen LogP contribution in [-0.2, 0) is 0 Å². The van der Waals surface area contributed by atoms with Crippen LogP contribution in [0.3, 0.4) is 0 Å². The predicted octanol–water partition coefficient (Wildman–Crippen LogP) is 21.4.